The van der Waals surface area contributed by atoms with Crippen LogP contribution in [0.25, 0.3) is 0 Å². The lowest BCUT2D eigenvalue weighted by Crippen LogP contribution is -2.67. The fourth-order valence-corrected chi connectivity index (χ4v) is 10.1. The average molecular weight is 512 g/mol. The van der Waals surface area contributed by atoms with Crippen molar-refractivity contribution in [1.82, 2.24) is 5.32 Å². The molecule has 1 fully saturated rings. The van der Waals surface area contributed by atoms with Crippen LogP contribution in [-0.4, -0.2) is 44.4 Å². The molecule has 0 saturated heterocycles. The molecule has 5 nitrogen and oxygen atoms in total. The molecule has 2 aromatic carbocycles. The van der Waals surface area contributed by atoms with Gasteiger partial charge < -0.3 is 19.6 Å². The first-order valence-electron chi connectivity index (χ1n) is 13.3. The number of hydrogen-bond acceptors (Lipinski definition) is 4. The van der Waals surface area contributed by atoms with Crippen molar-refractivity contribution in [2.45, 2.75) is 83.9 Å². The summed E-state index contributed by atoms with van der Waals surface area (Å²) in [6.45, 7) is 12.8. The van der Waals surface area contributed by atoms with Crippen LogP contribution in [-0.2, 0) is 9.16 Å². The number of benzene rings is 2. The third-order valence-electron chi connectivity index (χ3n) is 7.33. The Kier molecular flexibility index (Phi) is 9.42. The van der Waals surface area contributed by atoms with Gasteiger partial charge in [-0.25, -0.2) is 4.79 Å². The zero-order valence-corrected chi connectivity index (χ0v) is 23.9. The summed E-state index contributed by atoms with van der Waals surface area (Å²) in [5, 5.41) is 15.3. The molecule has 1 amide bonds. The standard InChI is InChI=1S/C30H45NO4Si/c1-29(2,3)35-28(33)31-27(26(20-21-32)23-14-13-15-23)22-34-36(30(4,5)6,24-16-9-7-10-17-24)25-18-11-8-12-19-25/h7-12,16-19,23,26-27,32H,13-15,20-22H2,1-6H3,(H,31,33)/t26-,27-/m1/s1. The van der Waals surface area contributed by atoms with E-state index < -0.39 is 20.0 Å². The molecule has 6 heteroatoms. The van der Waals surface area contributed by atoms with E-state index in [1.54, 1.807) is 0 Å². The molecule has 1 aliphatic rings. The summed E-state index contributed by atoms with van der Waals surface area (Å²) in [7, 11) is -2.76. The second kappa shape index (κ2) is 11.9. The molecule has 0 spiro atoms. The minimum Gasteiger partial charge on any atom is -0.444 e. The minimum absolute atomic E-state index is 0.0902. The smallest absolute Gasteiger partial charge is 0.407 e. The molecule has 0 aliphatic heterocycles. The van der Waals surface area contributed by atoms with Gasteiger partial charge in [-0.3, -0.25) is 0 Å². The summed E-state index contributed by atoms with van der Waals surface area (Å²) in [5.41, 5.74) is -0.587. The van der Waals surface area contributed by atoms with E-state index in [1.165, 1.54) is 16.8 Å². The topological polar surface area (TPSA) is 67.8 Å². The van der Waals surface area contributed by atoms with E-state index in [4.69, 9.17) is 9.16 Å². The number of carbonyl (C=O) groups is 1. The maximum atomic E-state index is 12.9. The number of aliphatic hydroxyl groups excluding tert-OH is 1. The van der Waals surface area contributed by atoms with Crippen LogP contribution in [0.2, 0.25) is 5.04 Å². The first-order valence-corrected chi connectivity index (χ1v) is 15.2. The Morgan fingerprint density at radius 1 is 0.972 bits per heavy atom. The lowest BCUT2D eigenvalue weighted by molar-refractivity contribution is 0.0381. The molecular weight excluding hydrogens is 466 g/mol. The van der Waals surface area contributed by atoms with Crippen molar-refractivity contribution >= 4 is 24.8 Å². The summed E-state index contributed by atoms with van der Waals surface area (Å²) < 4.78 is 12.8. The molecule has 2 atom stereocenters. The first-order chi connectivity index (χ1) is 17.0. The molecule has 3 rings (SSSR count). The second-order valence-electron chi connectivity index (χ2n) is 12.1. The largest absolute Gasteiger partial charge is 0.444 e. The molecule has 2 N–H and O–H groups in total. The lowest BCUT2D eigenvalue weighted by Gasteiger charge is -2.45. The number of rotatable bonds is 10. The zero-order chi connectivity index (χ0) is 26.4. The molecule has 2 aromatic rings. The van der Waals surface area contributed by atoms with Gasteiger partial charge in [0.2, 0.25) is 0 Å². The predicted octanol–water partition coefficient (Wildman–Crippen LogP) is 5.26. The van der Waals surface area contributed by atoms with Crippen LogP contribution in [0.15, 0.2) is 60.7 Å². The Morgan fingerprint density at radius 3 is 1.89 bits per heavy atom. The Labute approximate surface area is 218 Å². The van der Waals surface area contributed by atoms with E-state index >= 15 is 0 Å². The van der Waals surface area contributed by atoms with Gasteiger partial charge in [0.1, 0.15) is 5.60 Å². The summed E-state index contributed by atoms with van der Waals surface area (Å²) in [6, 6.07) is 20.9. The van der Waals surface area contributed by atoms with Crippen LogP contribution in [0.3, 0.4) is 0 Å². The summed E-state index contributed by atoms with van der Waals surface area (Å²) >= 11 is 0. The van der Waals surface area contributed by atoms with E-state index in [2.05, 4.69) is 74.6 Å². The Balaban J connectivity index is 2.01. The van der Waals surface area contributed by atoms with Crippen LogP contribution in [0.1, 0.15) is 67.2 Å². The van der Waals surface area contributed by atoms with Crippen LogP contribution in [0, 0.1) is 11.8 Å². The Bertz CT molecular complexity index is 909. The van der Waals surface area contributed by atoms with Crippen molar-refractivity contribution in [2.75, 3.05) is 13.2 Å². The third-order valence-corrected chi connectivity index (χ3v) is 12.3. The normalized spacial score (nSPS) is 16.6. The number of hydrogen-bond donors (Lipinski definition) is 2. The van der Waals surface area contributed by atoms with Gasteiger partial charge in [0, 0.05) is 6.61 Å². The van der Waals surface area contributed by atoms with Gasteiger partial charge in [0.15, 0.2) is 0 Å². The highest BCUT2D eigenvalue weighted by molar-refractivity contribution is 6.99. The van der Waals surface area contributed by atoms with Crippen LogP contribution in [0.4, 0.5) is 4.79 Å². The highest BCUT2D eigenvalue weighted by Crippen LogP contribution is 2.39. The number of nitrogens with one attached hydrogen (secondary N) is 1. The van der Waals surface area contributed by atoms with E-state index in [-0.39, 0.29) is 23.6 Å². The third kappa shape index (κ3) is 6.78. The van der Waals surface area contributed by atoms with Crippen LogP contribution >= 0.6 is 0 Å². The fraction of sp³-hybridized carbons (Fsp3) is 0.567. The molecule has 0 heterocycles. The molecule has 0 radical (unpaired) electrons. The monoisotopic (exact) mass is 511 g/mol. The quantitative estimate of drug-likeness (QED) is 0.427. The van der Waals surface area contributed by atoms with Gasteiger partial charge in [-0.15, -0.1) is 0 Å². The van der Waals surface area contributed by atoms with Crippen molar-refractivity contribution in [2.24, 2.45) is 11.8 Å². The van der Waals surface area contributed by atoms with Crippen LogP contribution in [0.5, 0.6) is 0 Å². The molecule has 0 aromatic heterocycles. The molecule has 0 unspecified atom stereocenters. The van der Waals surface area contributed by atoms with Gasteiger partial charge >= 0.3 is 6.09 Å². The summed E-state index contributed by atoms with van der Waals surface area (Å²) in [6.07, 6.45) is 3.64. The fourth-order valence-electron chi connectivity index (χ4n) is 5.49. The number of alkyl carbamates (subject to hydrolysis) is 1. The highest BCUT2D eigenvalue weighted by Gasteiger charge is 2.51. The van der Waals surface area contributed by atoms with Gasteiger partial charge in [-0.1, -0.05) is 101 Å². The van der Waals surface area contributed by atoms with E-state index in [0.29, 0.717) is 18.9 Å². The number of ether oxygens (including phenoxy) is 1. The Hall–Kier alpha value is -2.15. The first kappa shape index (κ1) is 28.4. The lowest BCUT2D eigenvalue weighted by atomic mass is 9.71. The SMILES string of the molecule is CC(C)(C)OC(=O)N[C@H](CO[Si](c1ccccc1)(c1ccccc1)C(C)(C)C)[C@H](CCO)C1CCC1. The van der Waals surface area contributed by atoms with Gasteiger partial charge in [0.05, 0.1) is 12.6 Å². The number of aliphatic hydroxyl groups is 1. The Morgan fingerprint density at radius 2 is 1.50 bits per heavy atom. The van der Waals surface area contributed by atoms with E-state index in [9.17, 15) is 9.90 Å². The maximum Gasteiger partial charge on any atom is 0.407 e. The summed E-state index contributed by atoms with van der Waals surface area (Å²) in [4.78, 5) is 12.9. The van der Waals surface area contributed by atoms with Gasteiger partial charge in [-0.2, -0.15) is 0 Å². The molecule has 0 bridgehead atoms. The zero-order valence-electron chi connectivity index (χ0n) is 22.9. The van der Waals surface area contributed by atoms with Crippen molar-refractivity contribution < 1.29 is 19.1 Å². The summed E-state index contributed by atoms with van der Waals surface area (Å²) in [5.74, 6) is 0.606. The van der Waals surface area contributed by atoms with Crippen LogP contribution < -0.4 is 15.7 Å². The predicted molar refractivity (Wildman–Crippen MR) is 149 cm³/mol. The molecule has 1 aliphatic carbocycles. The molecular formula is C30H45NO4Si. The van der Waals surface area contributed by atoms with Gasteiger partial charge in [0.25, 0.3) is 8.32 Å². The van der Waals surface area contributed by atoms with Crippen molar-refractivity contribution in [3.8, 4) is 0 Å². The maximum absolute atomic E-state index is 12.9. The number of carbonyl (C=O) groups excluding carboxylic acids is 1. The molecule has 198 valence electrons. The van der Waals surface area contributed by atoms with E-state index in [0.717, 1.165) is 12.8 Å². The highest BCUT2D eigenvalue weighted by atomic mass is 28.4. The minimum atomic E-state index is -2.76. The number of amides is 1. The van der Waals surface area contributed by atoms with Crippen molar-refractivity contribution in [1.29, 1.82) is 0 Å². The molecule has 1 saturated carbocycles. The van der Waals surface area contributed by atoms with Gasteiger partial charge in [-0.05, 0) is 54.4 Å². The van der Waals surface area contributed by atoms with Crippen molar-refractivity contribution in [3.05, 3.63) is 60.7 Å². The van der Waals surface area contributed by atoms with Crippen molar-refractivity contribution in [3.63, 3.8) is 0 Å². The average Bonchev–Trinajstić information content (AvgIpc) is 2.76. The van der Waals surface area contributed by atoms with E-state index in [1.807, 2.05) is 32.9 Å². The molecule has 36 heavy (non-hydrogen) atoms. The second-order valence-corrected chi connectivity index (χ2v) is 16.4.